The number of ether oxygens (including phenoxy) is 1. The van der Waals surface area contributed by atoms with Gasteiger partial charge in [0.05, 0.1) is 6.61 Å². The van der Waals surface area contributed by atoms with Crippen LogP contribution in [0.15, 0.2) is 24.3 Å². The van der Waals surface area contributed by atoms with Gasteiger partial charge in [-0.2, -0.15) is 0 Å². The molecule has 4 aliphatic carbocycles. The highest BCUT2D eigenvalue weighted by Crippen LogP contribution is 2.68. The summed E-state index contributed by atoms with van der Waals surface area (Å²) in [6.07, 6.45) is 18.5. The van der Waals surface area contributed by atoms with Gasteiger partial charge in [-0.15, -0.1) is 0 Å². The normalized spacial score (nSPS) is 38.6. The summed E-state index contributed by atoms with van der Waals surface area (Å²) in [5.41, 5.74) is 1.45. The zero-order valence-electron chi connectivity index (χ0n) is 24.0. The lowest BCUT2D eigenvalue weighted by atomic mass is 9.44. The zero-order chi connectivity index (χ0) is 26.2. The molecule has 206 valence electrons. The highest BCUT2D eigenvalue weighted by atomic mass is 16.5. The lowest BCUT2D eigenvalue weighted by Crippen LogP contribution is -2.53. The summed E-state index contributed by atoms with van der Waals surface area (Å²) in [7, 11) is 0. The standard InChI is InChI=1S/C34H52O3/c1-23(22-37-32(36)27-13-5-6-14-31(27)35)10-9-11-24(2)28-17-18-29-26-16-15-25-12-7-8-20-33(25,3)30(26)19-21-34(28,29)4/h5-6,13-14,23-26,28-30,35H,7-12,15-22H2,1-4H3/t23?,24-,25?,26+,28-,29+,30+,33+,34-/m1/s1. The van der Waals surface area contributed by atoms with Crippen LogP contribution in [-0.2, 0) is 4.74 Å². The third-order valence-electron chi connectivity index (χ3n) is 12.3. The number of phenols is 1. The predicted octanol–water partition coefficient (Wildman–Crippen LogP) is 9.04. The van der Waals surface area contributed by atoms with Crippen molar-refractivity contribution in [1.29, 1.82) is 0 Å². The molecule has 4 aliphatic rings. The third kappa shape index (κ3) is 5.10. The number of hydrogen-bond acceptors (Lipinski definition) is 3. The molecule has 3 heteroatoms. The Kier molecular flexibility index (Phi) is 8.00. The molecule has 0 aliphatic heterocycles. The molecule has 1 aromatic rings. The molecule has 0 radical (unpaired) electrons. The monoisotopic (exact) mass is 508 g/mol. The van der Waals surface area contributed by atoms with E-state index in [1.54, 1.807) is 18.2 Å². The van der Waals surface area contributed by atoms with Crippen LogP contribution < -0.4 is 0 Å². The molecular weight excluding hydrogens is 456 g/mol. The molecule has 4 fully saturated rings. The Balaban J connectivity index is 1.11. The van der Waals surface area contributed by atoms with E-state index in [-0.39, 0.29) is 11.3 Å². The fourth-order valence-electron chi connectivity index (χ4n) is 10.3. The number of carbonyl (C=O) groups excluding carboxylic acids is 1. The largest absolute Gasteiger partial charge is 0.507 e. The van der Waals surface area contributed by atoms with Gasteiger partial charge in [-0.05, 0) is 122 Å². The van der Waals surface area contributed by atoms with Crippen LogP contribution in [0, 0.1) is 52.3 Å². The Hall–Kier alpha value is -1.51. The van der Waals surface area contributed by atoms with Crippen molar-refractivity contribution >= 4 is 5.97 Å². The number of aromatic hydroxyl groups is 1. The Labute approximate surface area is 226 Å². The SMILES string of the molecule is CC(CCC[C@@H](C)[C@H]1CC[C@H]2[C@@H]3CCC4CCCC[C@]4(C)[C@H]3CC[C@]12C)COC(=O)c1ccccc1O. The zero-order valence-corrected chi connectivity index (χ0v) is 24.0. The first-order valence-corrected chi connectivity index (χ1v) is 15.7. The molecule has 0 amide bonds. The molecule has 0 aromatic heterocycles. The van der Waals surface area contributed by atoms with Gasteiger partial charge < -0.3 is 9.84 Å². The average Bonchev–Trinajstić information content (AvgIpc) is 3.24. The summed E-state index contributed by atoms with van der Waals surface area (Å²) in [6, 6.07) is 6.62. The van der Waals surface area contributed by atoms with E-state index in [2.05, 4.69) is 27.7 Å². The van der Waals surface area contributed by atoms with Crippen molar-refractivity contribution in [3.63, 3.8) is 0 Å². The summed E-state index contributed by atoms with van der Waals surface area (Å²) in [5, 5.41) is 9.88. The van der Waals surface area contributed by atoms with Gasteiger partial charge in [0, 0.05) is 0 Å². The van der Waals surface area contributed by atoms with Gasteiger partial charge in [0.1, 0.15) is 11.3 Å². The second-order valence-corrected chi connectivity index (χ2v) is 14.3. The van der Waals surface area contributed by atoms with Gasteiger partial charge in [0.15, 0.2) is 0 Å². The maximum atomic E-state index is 12.3. The van der Waals surface area contributed by atoms with Crippen LogP contribution in [0.2, 0.25) is 0 Å². The van der Waals surface area contributed by atoms with Crippen LogP contribution in [0.25, 0.3) is 0 Å². The van der Waals surface area contributed by atoms with E-state index in [0.29, 0.717) is 23.4 Å². The van der Waals surface area contributed by atoms with Gasteiger partial charge >= 0.3 is 5.97 Å². The van der Waals surface area contributed by atoms with Gasteiger partial charge in [-0.3, -0.25) is 0 Å². The van der Waals surface area contributed by atoms with E-state index in [1.165, 1.54) is 83.1 Å². The first kappa shape index (κ1) is 27.1. The number of benzene rings is 1. The lowest BCUT2D eigenvalue weighted by molar-refractivity contribution is -0.114. The summed E-state index contributed by atoms with van der Waals surface area (Å²) in [5.74, 6) is 5.55. The first-order valence-electron chi connectivity index (χ1n) is 15.7. The molecular formula is C34H52O3. The van der Waals surface area contributed by atoms with Crippen molar-refractivity contribution in [2.75, 3.05) is 6.61 Å². The molecule has 1 aromatic carbocycles. The molecule has 0 spiro atoms. The predicted molar refractivity (Wildman–Crippen MR) is 150 cm³/mol. The molecule has 5 rings (SSSR count). The number of fused-ring (bicyclic) bond motifs is 5. The Bertz CT molecular complexity index is 941. The molecule has 2 unspecified atom stereocenters. The first-order chi connectivity index (χ1) is 17.7. The minimum Gasteiger partial charge on any atom is -0.507 e. The Morgan fingerprint density at radius 3 is 2.54 bits per heavy atom. The minimum atomic E-state index is -0.421. The van der Waals surface area contributed by atoms with Crippen molar-refractivity contribution in [2.45, 2.75) is 111 Å². The summed E-state index contributed by atoms with van der Waals surface area (Å²) in [4.78, 5) is 12.3. The van der Waals surface area contributed by atoms with Crippen LogP contribution in [0.3, 0.4) is 0 Å². The number of phenolic OH excluding ortho intramolecular Hbond substituents is 1. The summed E-state index contributed by atoms with van der Waals surface area (Å²) >= 11 is 0. The summed E-state index contributed by atoms with van der Waals surface area (Å²) < 4.78 is 5.51. The summed E-state index contributed by atoms with van der Waals surface area (Å²) in [6.45, 7) is 10.5. The van der Waals surface area contributed by atoms with E-state index >= 15 is 0 Å². The van der Waals surface area contributed by atoms with Crippen molar-refractivity contribution in [3.05, 3.63) is 29.8 Å². The third-order valence-corrected chi connectivity index (χ3v) is 12.3. The molecule has 4 saturated carbocycles. The number of hydrogen-bond donors (Lipinski definition) is 1. The molecule has 0 heterocycles. The Morgan fingerprint density at radius 1 is 0.946 bits per heavy atom. The molecule has 9 atom stereocenters. The fraction of sp³-hybridized carbons (Fsp3) is 0.794. The van der Waals surface area contributed by atoms with Crippen LogP contribution in [0.5, 0.6) is 5.75 Å². The number of carbonyl (C=O) groups is 1. The van der Waals surface area contributed by atoms with E-state index in [1.807, 2.05) is 0 Å². The number of rotatable bonds is 8. The second kappa shape index (κ2) is 10.9. The van der Waals surface area contributed by atoms with Crippen LogP contribution in [0.4, 0.5) is 0 Å². The van der Waals surface area contributed by atoms with E-state index in [4.69, 9.17) is 4.74 Å². The molecule has 1 N–H and O–H groups in total. The molecule has 0 bridgehead atoms. The number of esters is 1. The fourth-order valence-corrected chi connectivity index (χ4v) is 10.3. The van der Waals surface area contributed by atoms with Crippen molar-refractivity contribution in [3.8, 4) is 5.75 Å². The van der Waals surface area contributed by atoms with Crippen LogP contribution >= 0.6 is 0 Å². The topological polar surface area (TPSA) is 46.5 Å². The smallest absolute Gasteiger partial charge is 0.341 e. The maximum Gasteiger partial charge on any atom is 0.341 e. The van der Waals surface area contributed by atoms with Crippen LogP contribution in [0.1, 0.15) is 122 Å². The quantitative estimate of drug-likeness (QED) is 0.356. The van der Waals surface area contributed by atoms with Gasteiger partial charge in [-0.25, -0.2) is 4.79 Å². The maximum absolute atomic E-state index is 12.3. The minimum absolute atomic E-state index is 0.00716. The van der Waals surface area contributed by atoms with Crippen molar-refractivity contribution < 1.29 is 14.6 Å². The Morgan fingerprint density at radius 2 is 1.73 bits per heavy atom. The molecule has 0 saturated heterocycles. The van der Waals surface area contributed by atoms with E-state index in [0.717, 1.165) is 41.9 Å². The van der Waals surface area contributed by atoms with E-state index < -0.39 is 5.97 Å². The van der Waals surface area contributed by atoms with E-state index in [9.17, 15) is 9.90 Å². The molecule has 37 heavy (non-hydrogen) atoms. The average molecular weight is 509 g/mol. The number of para-hydroxylation sites is 1. The highest BCUT2D eigenvalue weighted by molar-refractivity contribution is 5.92. The van der Waals surface area contributed by atoms with Gasteiger partial charge in [0.25, 0.3) is 0 Å². The lowest BCUT2D eigenvalue weighted by Gasteiger charge is -2.61. The van der Waals surface area contributed by atoms with Gasteiger partial charge in [-0.1, -0.05) is 65.5 Å². The van der Waals surface area contributed by atoms with Crippen molar-refractivity contribution in [1.82, 2.24) is 0 Å². The van der Waals surface area contributed by atoms with Crippen LogP contribution in [-0.4, -0.2) is 17.7 Å². The van der Waals surface area contributed by atoms with Gasteiger partial charge in [0.2, 0.25) is 0 Å². The highest BCUT2D eigenvalue weighted by Gasteiger charge is 2.60. The second-order valence-electron chi connectivity index (χ2n) is 14.3. The van der Waals surface area contributed by atoms with Crippen molar-refractivity contribution in [2.24, 2.45) is 52.3 Å². The molecule has 3 nitrogen and oxygen atoms in total.